The molecule has 0 spiro atoms. The average Bonchev–Trinajstić information content (AvgIpc) is 3.25. The van der Waals surface area contributed by atoms with Crippen LogP contribution < -0.4 is 5.32 Å². The standard InChI is InChI=1S/C27H26N2O3/c30-25(29-27(20-10-3-1-4-11-20)21-12-5-2-6-13-21)19-32-26(31)17-9-14-22-18-28-24-16-8-7-15-23(22)24/h1-8,10-13,15-16,18,27-28H,9,14,17,19H2,(H,29,30). The Bertz CT molecular complexity index is 1130. The third-order valence-electron chi connectivity index (χ3n) is 5.44. The van der Waals surface area contributed by atoms with Crippen molar-refractivity contribution in [2.24, 2.45) is 0 Å². The van der Waals surface area contributed by atoms with Gasteiger partial charge in [0.2, 0.25) is 0 Å². The minimum Gasteiger partial charge on any atom is -0.456 e. The van der Waals surface area contributed by atoms with Gasteiger partial charge in [-0.2, -0.15) is 0 Å². The van der Waals surface area contributed by atoms with Crippen LogP contribution in [-0.4, -0.2) is 23.5 Å². The Balaban J connectivity index is 1.27. The molecule has 0 aliphatic heterocycles. The molecule has 1 aromatic heterocycles. The molecule has 0 unspecified atom stereocenters. The highest BCUT2D eigenvalue weighted by Crippen LogP contribution is 2.22. The van der Waals surface area contributed by atoms with Gasteiger partial charge in [0.15, 0.2) is 6.61 Å². The third kappa shape index (κ3) is 5.43. The predicted octanol–water partition coefficient (Wildman–Crippen LogP) is 4.94. The molecule has 0 aliphatic carbocycles. The second-order valence-corrected chi connectivity index (χ2v) is 7.70. The molecule has 3 aromatic carbocycles. The molecule has 0 bridgehead atoms. The summed E-state index contributed by atoms with van der Waals surface area (Å²) in [5.74, 6) is -0.691. The van der Waals surface area contributed by atoms with Crippen molar-refractivity contribution >= 4 is 22.8 Å². The van der Waals surface area contributed by atoms with Crippen molar-refractivity contribution in [3.05, 3.63) is 108 Å². The minimum absolute atomic E-state index is 0.271. The summed E-state index contributed by atoms with van der Waals surface area (Å²) < 4.78 is 5.22. The van der Waals surface area contributed by atoms with Gasteiger partial charge in [-0.3, -0.25) is 9.59 Å². The summed E-state index contributed by atoms with van der Waals surface area (Å²) in [6, 6.07) is 27.3. The molecule has 0 saturated carbocycles. The van der Waals surface area contributed by atoms with Crippen molar-refractivity contribution in [3.63, 3.8) is 0 Å². The van der Waals surface area contributed by atoms with E-state index in [-0.39, 0.29) is 30.9 Å². The number of aromatic nitrogens is 1. The zero-order chi connectivity index (χ0) is 22.2. The molecule has 5 heteroatoms. The highest BCUT2D eigenvalue weighted by molar-refractivity contribution is 5.83. The lowest BCUT2D eigenvalue weighted by Crippen LogP contribution is -2.33. The van der Waals surface area contributed by atoms with Gasteiger partial charge in [0.1, 0.15) is 0 Å². The Hall–Kier alpha value is -3.86. The molecule has 0 atom stereocenters. The first kappa shape index (κ1) is 21.4. The molecule has 0 radical (unpaired) electrons. The molecule has 2 N–H and O–H groups in total. The van der Waals surface area contributed by atoms with Crippen LogP contribution in [0.15, 0.2) is 91.1 Å². The number of aryl methyl sites for hydroxylation is 1. The van der Waals surface area contributed by atoms with Gasteiger partial charge in [-0.05, 0) is 35.6 Å². The van der Waals surface area contributed by atoms with Crippen LogP contribution in [0.1, 0.15) is 35.6 Å². The first-order valence-electron chi connectivity index (χ1n) is 10.8. The fourth-order valence-electron chi connectivity index (χ4n) is 3.83. The Morgan fingerprint density at radius 3 is 2.16 bits per heavy atom. The fraction of sp³-hybridized carbons (Fsp3) is 0.185. The number of hydrogen-bond donors (Lipinski definition) is 2. The van der Waals surface area contributed by atoms with E-state index in [0.717, 1.165) is 23.1 Å². The Kier molecular flexibility index (Phi) is 6.98. The van der Waals surface area contributed by atoms with Crippen molar-refractivity contribution in [2.75, 3.05) is 6.61 Å². The number of carbonyl (C=O) groups is 2. The maximum Gasteiger partial charge on any atom is 0.306 e. The first-order valence-corrected chi connectivity index (χ1v) is 10.8. The number of benzene rings is 3. The topological polar surface area (TPSA) is 71.2 Å². The van der Waals surface area contributed by atoms with E-state index in [4.69, 9.17) is 4.74 Å². The van der Waals surface area contributed by atoms with Gasteiger partial charge in [-0.1, -0.05) is 78.9 Å². The number of rotatable bonds is 9. The van der Waals surface area contributed by atoms with E-state index in [1.165, 1.54) is 10.9 Å². The van der Waals surface area contributed by atoms with Crippen LogP contribution >= 0.6 is 0 Å². The molecular weight excluding hydrogens is 400 g/mol. The van der Waals surface area contributed by atoms with Gasteiger partial charge < -0.3 is 15.0 Å². The van der Waals surface area contributed by atoms with Gasteiger partial charge in [-0.25, -0.2) is 0 Å². The molecule has 1 amide bonds. The molecule has 1 heterocycles. The maximum atomic E-state index is 12.5. The lowest BCUT2D eigenvalue weighted by atomic mass is 9.99. The van der Waals surface area contributed by atoms with Crippen molar-refractivity contribution in [2.45, 2.75) is 25.3 Å². The number of para-hydroxylation sites is 1. The maximum absolute atomic E-state index is 12.5. The number of aromatic amines is 1. The Morgan fingerprint density at radius 2 is 1.47 bits per heavy atom. The van der Waals surface area contributed by atoms with Crippen LogP contribution in [-0.2, 0) is 20.7 Å². The summed E-state index contributed by atoms with van der Waals surface area (Å²) in [5.41, 5.74) is 4.21. The number of ether oxygens (including phenoxy) is 1. The lowest BCUT2D eigenvalue weighted by Gasteiger charge is -2.20. The van der Waals surface area contributed by atoms with Crippen LogP contribution in [0.25, 0.3) is 10.9 Å². The van der Waals surface area contributed by atoms with Crippen molar-refractivity contribution in [3.8, 4) is 0 Å². The zero-order valence-corrected chi connectivity index (χ0v) is 17.8. The largest absolute Gasteiger partial charge is 0.456 e. The zero-order valence-electron chi connectivity index (χ0n) is 17.8. The van der Waals surface area contributed by atoms with E-state index in [0.29, 0.717) is 6.42 Å². The van der Waals surface area contributed by atoms with Gasteiger partial charge >= 0.3 is 5.97 Å². The van der Waals surface area contributed by atoms with Crippen molar-refractivity contribution in [1.29, 1.82) is 0 Å². The van der Waals surface area contributed by atoms with Crippen molar-refractivity contribution < 1.29 is 14.3 Å². The van der Waals surface area contributed by atoms with E-state index < -0.39 is 0 Å². The molecule has 0 aliphatic rings. The summed E-state index contributed by atoms with van der Waals surface area (Å²) in [6.45, 7) is -0.290. The molecular formula is C27H26N2O3. The number of esters is 1. The van der Waals surface area contributed by atoms with Gasteiger partial charge in [0.05, 0.1) is 6.04 Å². The van der Waals surface area contributed by atoms with E-state index in [2.05, 4.69) is 16.4 Å². The van der Waals surface area contributed by atoms with E-state index in [1.807, 2.05) is 85.1 Å². The highest BCUT2D eigenvalue weighted by atomic mass is 16.5. The van der Waals surface area contributed by atoms with Crippen LogP contribution in [0.4, 0.5) is 0 Å². The van der Waals surface area contributed by atoms with Gasteiger partial charge in [0, 0.05) is 23.5 Å². The summed E-state index contributed by atoms with van der Waals surface area (Å²) in [4.78, 5) is 27.9. The number of carbonyl (C=O) groups excluding carboxylic acids is 2. The van der Waals surface area contributed by atoms with E-state index in [9.17, 15) is 9.59 Å². The van der Waals surface area contributed by atoms with E-state index in [1.54, 1.807) is 0 Å². The Labute approximate surface area is 187 Å². The van der Waals surface area contributed by atoms with Crippen LogP contribution in [0.2, 0.25) is 0 Å². The third-order valence-corrected chi connectivity index (χ3v) is 5.44. The average molecular weight is 427 g/mol. The molecule has 162 valence electrons. The van der Waals surface area contributed by atoms with Crippen LogP contribution in [0.3, 0.4) is 0 Å². The smallest absolute Gasteiger partial charge is 0.306 e. The summed E-state index contributed by atoms with van der Waals surface area (Å²) in [5, 5.41) is 4.16. The normalized spacial score (nSPS) is 10.9. The summed E-state index contributed by atoms with van der Waals surface area (Å²) >= 11 is 0. The number of hydrogen-bond acceptors (Lipinski definition) is 3. The SMILES string of the molecule is O=C(COC(=O)CCCc1c[nH]c2ccccc12)NC(c1ccccc1)c1ccccc1. The lowest BCUT2D eigenvalue weighted by molar-refractivity contribution is -0.148. The van der Waals surface area contributed by atoms with Gasteiger partial charge in [-0.15, -0.1) is 0 Å². The second kappa shape index (κ2) is 10.4. The number of fused-ring (bicyclic) bond motifs is 1. The first-order chi connectivity index (χ1) is 15.7. The molecule has 0 fully saturated rings. The van der Waals surface area contributed by atoms with Crippen LogP contribution in [0, 0.1) is 0 Å². The minimum atomic E-state index is -0.365. The summed E-state index contributed by atoms with van der Waals surface area (Å²) in [7, 11) is 0. The molecule has 4 aromatic rings. The second-order valence-electron chi connectivity index (χ2n) is 7.70. The van der Waals surface area contributed by atoms with E-state index >= 15 is 0 Å². The monoisotopic (exact) mass is 426 g/mol. The fourth-order valence-corrected chi connectivity index (χ4v) is 3.83. The summed E-state index contributed by atoms with van der Waals surface area (Å²) in [6.07, 6.45) is 3.69. The number of nitrogens with one attached hydrogen (secondary N) is 2. The molecule has 32 heavy (non-hydrogen) atoms. The van der Waals surface area contributed by atoms with Gasteiger partial charge in [0.25, 0.3) is 5.91 Å². The molecule has 5 nitrogen and oxygen atoms in total. The Morgan fingerprint density at radius 1 is 0.844 bits per heavy atom. The quantitative estimate of drug-likeness (QED) is 0.373. The predicted molar refractivity (Wildman–Crippen MR) is 125 cm³/mol. The molecule has 0 saturated heterocycles. The van der Waals surface area contributed by atoms with Crippen molar-refractivity contribution in [1.82, 2.24) is 10.3 Å². The van der Waals surface area contributed by atoms with Crippen LogP contribution in [0.5, 0.6) is 0 Å². The molecule has 4 rings (SSSR count). The number of amides is 1. The highest BCUT2D eigenvalue weighted by Gasteiger charge is 2.17. The number of H-pyrrole nitrogens is 1.